The van der Waals surface area contributed by atoms with Crippen LogP contribution in [0.2, 0.25) is 0 Å². The first kappa shape index (κ1) is 12.3. The Labute approximate surface area is 105 Å². The average Bonchev–Trinajstić information content (AvgIpc) is 2.86. The Morgan fingerprint density at radius 1 is 1.39 bits per heavy atom. The van der Waals surface area contributed by atoms with E-state index in [1.54, 1.807) is 30.5 Å². The molecule has 0 spiro atoms. The van der Waals surface area contributed by atoms with Gasteiger partial charge in [0, 0.05) is 11.1 Å². The van der Waals surface area contributed by atoms with Crippen LogP contribution in [0.3, 0.4) is 0 Å². The number of amides is 1. The van der Waals surface area contributed by atoms with Crippen LogP contribution in [-0.4, -0.2) is 21.2 Å². The molecule has 0 fully saturated rings. The number of hydrogen-bond donors (Lipinski definition) is 3. The highest BCUT2D eigenvalue weighted by molar-refractivity contribution is 6.04. The molecular formula is C13H15N3O2. The van der Waals surface area contributed by atoms with Crippen molar-refractivity contribution < 1.29 is 9.90 Å². The van der Waals surface area contributed by atoms with E-state index in [1.165, 1.54) is 0 Å². The number of benzene rings is 1. The molecule has 0 aliphatic rings. The zero-order chi connectivity index (χ0) is 13.0. The zero-order valence-electron chi connectivity index (χ0n) is 10.1. The normalized spacial score (nSPS) is 10.3. The summed E-state index contributed by atoms with van der Waals surface area (Å²) in [6, 6.07) is 6.82. The van der Waals surface area contributed by atoms with Gasteiger partial charge in [0.15, 0.2) is 0 Å². The van der Waals surface area contributed by atoms with E-state index in [9.17, 15) is 4.79 Å². The Balaban J connectivity index is 2.11. The molecule has 0 saturated heterocycles. The van der Waals surface area contributed by atoms with Gasteiger partial charge in [0.1, 0.15) is 5.82 Å². The molecule has 1 aromatic heterocycles. The molecule has 5 heteroatoms. The average molecular weight is 245 g/mol. The third kappa shape index (κ3) is 2.57. The summed E-state index contributed by atoms with van der Waals surface area (Å²) in [5, 5.41) is 18.4. The highest BCUT2D eigenvalue weighted by atomic mass is 16.3. The van der Waals surface area contributed by atoms with Gasteiger partial charge in [0.05, 0.1) is 12.8 Å². The van der Waals surface area contributed by atoms with Gasteiger partial charge in [-0.3, -0.25) is 9.89 Å². The number of H-pyrrole nitrogens is 1. The SMILES string of the molecule is CCc1cn[nH]c1NC(=O)c1ccc(CO)cc1. The summed E-state index contributed by atoms with van der Waals surface area (Å²) in [6.45, 7) is 1.97. The van der Waals surface area contributed by atoms with Gasteiger partial charge in [-0.1, -0.05) is 19.1 Å². The van der Waals surface area contributed by atoms with E-state index in [2.05, 4.69) is 15.5 Å². The number of nitrogens with zero attached hydrogens (tertiary/aromatic N) is 1. The molecule has 3 N–H and O–H groups in total. The lowest BCUT2D eigenvalue weighted by molar-refractivity contribution is 0.102. The lowest BCUT2D eigenvalue weighted by Gasteiger charge is -2.05. The molecule has 0 atom stereocenters. The van der Waals surface area contributed by atoms with E-state index < -0.39 is 0 Å². The lowest BCUT2D eigenvalue weighted by atomic mass is 10.1. The summed E-state index contributed by atoms with van der Waals surface area (Å²) >= 11 is 0. The number of aliphatic hydroxyl groups is 1. The molecule has 2 rings (SSSR count). The van der Waals surface area contributed by atoms with Crippen LogP contribution < -0.4 is 5.32 Å². The number of anilines is 1. The van der Waals surface area contributed by atoms with E-state index in [0.29, 0.717) is 11.4 Å². The summed E-state index contributed by atoms with van der Waals surface area (Å²) in [5.74, 6) is 0.437. The number of carbonyl (C=O) groups is 1. The number of aryl methyl sites for hydroxylation is 1. The minimum Gasteiger partial charge on any atom is -0.392 e. The van der Waals surface area contributed by atoms with Crippen LogP contribution in [0.1, 0.15) is 28.4 Å². The van der Waals surface area contributed by atoms with Crippen molar-refractivity contribution >= 4 is 11.7 Å². The second kappa shape index (κ2) is 5.46. The van der Waals surface area contributed by atoms with E-state index in [-0.39, 0.29) is 12.5 Å². The molecule has 1 amide bonds. The van der Waals surface area contributed by atoms with Crippen molar-refractivity contribution in [2.24, 2.45) is 0 Å². The Morgan fingerprint density at radius 2 is 2.11 bits per heavy atom. The first-order chi connectivity index (χ1) is 8.74. The first-order valence-corrected chi connectivity index (χ1v) is 5.78. The third-order valence-corrected chi connectivity index (χ3v) is 2.74. The predicted molar refractivity (Wildman–Crippen MR) is 68.3 cm³/mol. The number of aromatic amines is 1. The number of nitrogens with one attached hydrogen (secondary N) is 2. The summed E-state index contributed by atoms with van der Waals surface area (Å²) in [7, 11) is 0. The fourth-order valence-electron chi connectivity index (χ4n) is 1.63. The second-order valence-corrected chi connectivity index (χ2v) is 3.93. The fourth-order valence-corrected chi connectivity index (χ4v) is 1.63. The Morgan fingerprint density at radius 3 is 2.72 bits per heavy atom. The molecule has 1 heterocycles. The van der Waals surface area contributed by atoms with Crippen LogP contribution in [0, 0.1) is 0 Å². The highest BCUT2D eigenvalue weighted by Crippen LogP contribution is 2.13. The molecule has 0 unspecified atom stereocenters. The van der Waals surface area contributed by atoms with Gasteiger partial charge in [0.2, 0.25) is 0 Å². The van der Waals surface area contributed by atoms with E-state index in [4.69, 9.17) is 5.11 Å². The van der Waals surface area contributed by atoms with Crippen LogP contribution in [0.15, 0.2) is 30.5 Å². The monoisotopic (exact) mass is 245 g/mol. The Bertz CT molecular complexity index is 531. The molecule has 0 bridgehead atoms. The molecular weight excluding hydrogens is 230 g/mol. The largest absolute Gasteiger partial charge is 0.392 e. The maximum absolute atomic E-state index is 12.0. The number of hydrogen-bond acceptors (Lipinski definition) is 3. The Hall–Kier alpha value is -2.14. The predicted octanol–water partition coefficient (Wildman–Crippen LogP) is 1.72. The molecule has 0 radical (unpaired) electrons. The topological polar surface area (TPSA) is 78.0 Å². The van der Waals surface area contributed by atoms with Gasteiger partial charge in [-0.25, -0.2) is 0 Å². The van der Waals surface area contributed by atoms with E-state index >= 15 is 0 Å². The van der Waals surface area contributed by atoms with Crippen LogP contribution in [-0.2, 0) is 13.0 Å². The second-order valence-electron chi connectivity index (χ2n) is 3.93. The van der Waals surface area contributed by atoms with Gasteiger partial charge in [-0.15, -0.1) is 0 Å². The lowest BCUT2D eigenvalue weighted by Crippen LogP contribution is -2.13. The Kier molecular flexibility index (Phi) is 3.74. The first-order valence-electron chi connectivity index (χ1n) is 5.78. The summed E-state index contributed by atoms with van der Waals surface area (Å²) in [6.07, 6.45) is 2.50. The third-order valence-electron chi connectivity index (χ3n) is 2.74. The minimum atomic E-state index is -0.196. The smallest absolute Gasteiger partial charge is 0.256 e. The quantitative estimate of drug-likeness (QED) is 0.767. The van der Waals surface area contributed by atoms with Crippen molar-refractivity contribution in [2.75, 3.05) is 5.32 Å². The van der Waals surface area contributed by atoms with Gasteiger partial charge >= 0.3 is 0 Å². The van der Waals surface area contributed by atoms with E-state index in [0.717, 1.165) is 17.5 Å². The van der Waals surface area contributed by atoms with Gasteiger partial charge in [0.25, 0.3) is 5.91 Å². The van der Waals surface area contributed by atoms with Crippen molar-refractivity contribution in [1.29, 1.82) is 0 Å². The fraction of sp³-hybridized carbons (Fsp3) is 0.231. The minimum absolute atomic E-state index is 0.0254. The molecule has 0 aliphatic heterocycles. The van der Waals surface area contributed by atoms with E-state index in [1.807, 2.05) is 6.92 Å². The van der Waals surface area contributed by atoms with Crippen molar-refractivity contribution in [3.05, 3.63) is 47.2 Å². The highest BCUT2D eigenvalue weighted by Gasteiger charge is 2.09. The molecule has 5 nitrogen and oxygen atoms in total. The summed E-state index contributed by atoms with van der Waals surface area (Å²) in [4.78, 5) is 12.0. The van der Waals surface area contributed by atoms with Crippen molar-refractivity contribution in [2.45, 2.75) is 20.0 Å². The van der Waals surface area contributed by atoms with Gasteiger partial charge < -0.3 is 10.4 Å². The summed E-state index contributed by atoms with van der Waals surface area (Å²) < 4.78 is 0. The van der Waals surface area contributed by atoms with Crippen LogP contribution in [0.5, 0.6) is 0 Å². The molecule has 94 valence electrons. The number of aromatic nitrogens is 2. The van der Waals surface area contributed by atoms with Crippen molar-refractivity contribution in [3.63, 3.8) is 0 Å². The van der Waals surface area contributed by atoms with Crippen molar-refractivity contribution in [3.8, 4) is 0 Å². The molecule has 0 saturated carbocycles. The number of aliphatic hydroxyl groups excluding tert-OH is 1. The van der Waals surface area contributed by atoms with Crippen LogP contribution in [0.25, 0.3) is 0 Å². The standard InChI is InChI=1S/C13H15N3O2/c1-2-10-7-14-16-12(10)15-13(18)11-5-3-9(8-17)4-6-11/h3-7,17H,2,8H2,1H3,(H2,14,15,16,18). The number of rotatable bonds is 4. The van der Waals surface area contributed by atoms with Crippen LogP contribution >= 0.6 is 0 Å². The molecule has 1 aromatic carbocycles. The summed E-state index contributed by atoms with van der Waals surface area (Å²) in [5.41, 5.74) is 2.29. The maximum atomic E-state index is 12.0. The van der Waals surface area contributed by atoms with Gasteiger partial charge in [-0.05, 0) is 24.1 Å². The number of carbonyl (C=O) groups excluding carboxylic acids is 1. The van der Waals surface area contributed by atoms with Gasteiger partial charge in [-0.2, -0.15) is 5.10 Å². The zero-order valence-corrected chi connectivity index (χ0v) is 10.1. The van der Waals surface area contributed by atoms with Crippen LogP contribution in [0.4, 0.5) is 5.82 Å². The molecule has 18 heavy (non-hydrogen) atoms. The molecule has 0 aliphatic carbocycles. The maximum Gasteiger partial charge on any atom is 0.256 e. The molecule has 2 aromatic rings. The van der Waals surface area contributed by atoms with Crippen molar-refractivity contribution in [1.82, 2.24) is 10.2 Å².